The van der Waals surface area contributed by atoms with Crippen LogP contribution in [0.25, 0.3) is 11.3 Å². The number of ether oxygens (including phenoxy) is 1. The van der Waals surface area contributed by atoms with Gasteiger partial charge in [0.1, 0.15) is 11.4 Å². The van der Waals surface area contributed by atoms with E-state index in [2.05, 4.69) is 27.6 Å². The van der Waals surface area contributed by atoms with Crippen molar-refractivity contribution >= 4 is 12.1 Å². The van der Waals surface area contributed by atoms with Crippen LogP contribution in [0.3, 0.4) is 0 Å². The van der Waals surface area contributed by atoms with E-state index in [1.165, 1.54) is 0 Å². The Hall–Kier alpha value is -3.41. The molecule has 27 heavy (non-hydrogen) atoms. The fourth-order valence-electron chi connectivity index (χ4n) is 2.40. The van der Waals surface area contributed by atoms with E-state index in [0.717, 1.165) is 36.3 Å². The van der Waals surface area contributed by atoms with E-state index in [4.69, 9.17) is 4.74 Å². The first kappa shape index (κ1) is 18.4. The number of carbonyl (C=O) groups excluding carboxylic acids is 1. The predicted octanol–water partition coefficient (Wildman–Crippen LogP) is 4.02. The highest BCUT2D eigenvalue weighted by Gasteiger charge is 2.09. The second-order valence-electron chi connectivity index (χ2n) is 6.00. The summed E-state index contributed by atoms with van der Waals surface area (Å²) in [4.78, 5) is 12.2. The van der Waals surface area contributed by atoms with Crippen molar-refractivity contribution in [1.29, 1.82) is 0 Å². The van der Waals surface area contributed by atoms with Crippen molar-refractivity contribution in [1.82, 2.24) is 15.6 Å². The third-order valence-corrected chi connectivity index (χ3v) is 3.92. The van der Waals surface area contributed by atoms with Crippen LogP contribution in [0.5, 0.6) is 5.75 Å². The van der Waals surface area contributed by atoms with Gasteiger partial charge in [-0.2, -0.15) is 10.2 Å². The average molecular weight is 362 g/mol. The third kappa shape index (κ3) is 5.28. The number of hydrazone groups is 1. The summed E-state index contributed by atoms with van der Waals surface area (Å²) in [6.07, 6.45) is 3.73. The van der Waals surface area contributed by atoms with Gasteiger partial charge in [0.25, 0.3) is 5.91 Å². The second kappa shape index (κ2) is 9.33. The molecule has 0 saturated carbocycles. The summed E-state index contributed by atoms with van der Waals surface area (Å²) in [7, 11) is 0. The van der Waals surface area contributed by atoms with Crippen molar-refractivity contribution < 1.29 is 9.53 Å². The largest absolute Gasteiger partial charge is 0.494 e. The lowest BCUT2D eigenvalue weighted by molar-refractivity contribution is 0.0950. The maximum absolute atomic E-state index is 12.2. The summed E-state index contributed by atoms with van der Waals surface area (Å²) in [5, 5.41) is 10.9. The Morgan fingerprint density at radius 3 is 2.70 bits per heavy atom. The molecular weight excluding hydrogens is 340 g/mol. The Morgan fingerprint density at radius 1 is 1.19 bits per heavy atom. The van der Waals surface area contributed by atoms with E-state index in [1.807, 2.05) is 54.6 Å². The van der Waals surface area contributed by atoms with Crippen LogP contribution in [0.2, 0.25) is 0 Å². The smallest absolute Gasteiger partial charge is 0.289 e. The van der Waals surface area contributed by atoms with Crippen LogP contribution in [0, 0.1) is 0 Å². The molecule has 0 radical (unpaired) electrons. The van der Waals surface area contributed by atoms with Crippen LogP contribution in [-0.2, 0) is 0 Å². The third-order valence-electron chi connectivity index (χ3n) is 3.92. The molecule has 1 aromatic heterocycles. The van der Waals surface area contributed by atoms with Gasteiger partial charge >= 0.3 is 0 Å². The molecule has 0 bridgehead atoms. The molecule has 0 fully saturated rings. The number of rotatable bonds is 8. The zero-order valence-corrected chi connectivity index (χ0v) is 15.2. The number of amides is 1. The molecule has 0 atom stereocenters. The number of H-pyrrole nitrogens is 1. The number of benzene rings is 2. The summed E-state index contributed by atoms with van der Waals surface area (Å²) in [6.45, 7) is 2.85. The standard InChI is InChI=1S/C21H22N4O2/c1-2-3-13-27-18-11-9-16(10-12-18)15-22-25-21(26)20-14-19(23-24-20)17-7-5-4-6-8-17/h4-12,14-15H,2-3,13H2,1H3,(H,23,24)(H,25,26)/b22-15-. The first-order valence-electron chi connectivity index (χ1n) is 8.93. The van der Waals surface area contributed by atoms with Gasteiger partial charge in [-0.25, -0.2) is 5.43 Å². The number of nitrogens with one attached hydrogen (secondary N) is 2. The van der Waals surface area contributed by atoms with Crippen molar-refractivity contribution in [2.24, 2.45) is 5.10 Å². The zero-order chi connectivity index (χ0) is 18.9. The summed E-state index contributed by atoms with van der Waals surface area (Å²) in [5.74, 6) is 0.482. The fraction of sp³-hybridized carbons (Fsp3) is 0.190. The number of aromatic nitrogens is 2. The molecular formula is C21H22N4O2. The van der Waals surface area contributed by atoms with Crippen LogP contribution in [-0.4, -0.2) is 28.9 Å². The van der Waals surface area contributed by atoms with E-state index in [1.54, 1.807) is 12.3 Å². The molecule has 3 rings (SSSR count). The number of hydrogen-bond acceptors (Lipinski definition) is 4. The Balaban J connectivity index is 1.54. The van der Waals surface area contributed by atoms with Gasteiger partial charge in [0.05, 0.1) is 18.5 Å². The van der Waals surface area contributed by atoms with Crippen molar-refractivity contribution in [2.45, 2.75) is 19.8 Å². The summed E-state index contributed by atoms with van der Waals surface area (Å²) < 4.78 is 5.62. The number of aromatic amines is 1. The van der Waals surface area contributed by atoms with Gasteiger partial charge in [-0.15, -0.1) is 0 Å². The zero-order valence-electron chi connectivity index (χ0n) is 15.2. The Labute approximate surface area is 158 Å². The van der Waals surface area contributed by atoms with Crippen molar-refractivity contribution in [3.63, 3.8) is 0 Å². The Bertz CT molecular complexity index is 886. The molecule has 138 valence electrons. The lowest BCUT2D eigenvalue weighted by Crippen LogP contribution is -2.17. The minimum Gasteiger partial charge on any atom is -0.494 e. The maximum Gasteiger partial charge on any atom is 0.289 e. The van der Waals surface area contributed by atoms with Crippen LogP contribution in [0.15, 0.2) is 65.8 Å². The quantitative estimate of drug-likeness (QED) is 0.361. The first-order chi connectivity index (χ1) is 13.3. The highest BCUT2D eigenvalue weighted by molar-refractivity contribution is 5.94. The molecule has 0 spiro atoms. The monoisotopic (exact) mass is 362 g/mol. The van der Waals surface area contributed by atoms with Gasteiger partial charge in [-0.1, -0.05) is 43.7 Å². The number of hydrogen-bond donors (Lipinski definition) is 2. The normalized spacial score (nSPS) is 10.9. The number of carbonyl (C=O) groups is 1. The van der Waals surface area contributed by atoms with E-state index in [0.29, 0.717) is 11.4 Å². The molecule has 3 aromatic rings. The predicted molar refractivity (Wildman–Crippen MR) is 106 cm³/mol. The topological polar surface area (TPSA) is 79.4 Å². The first-order valence-corrected chi connectivity index (χ1v) is 8.93. The van der Waals surface area contributed by atoms with Crippen molar-refractivity contribution in [3.05, 3.63) is 71.9 Å². The molecule has 1 heterocycles. The SMILES string of the molecule is CCCCOc1ccc(/C=N\NC(=O)c2cc(-c3ccccc3)n[nH]2)cc1. The lowest BCUT2D eigenvalue weighted by atomic mass is 10.1. The maximum atomic E-state index is 12.2. The highest BCUT2D eigenvalue weighted by Crippen LogP contribution is 2.16. The lowest BCUT2D eigenvalue weighted by Gasteiger charge is -2.04. The van der Waals surface area contributed by atoms with E-state index < -0.39 is 0 Å². The second-order valence-corrected chi connectivity index (χ2v) is 6.00. The van der Waals surface area contributed by atoms with E-state index in [9.17, 15) is 4.79 Å². The highest BCUT2D eigenvalue weighted by atomic mass is 16.5. The Morgan fingerprint density at radius 2 is 1.96 bits per heavy atom. The minimum absolute atomic E-state index is 0.347. The molecule has 2 N–H and O–H groups in total. The van der Waals surface area contributed by atoms with Crippen LogP contribution >= 0.6 is 0 Å². The fourth-order valence-corrected chi connectivity index (χ4v) is 2.40. The Kier molecular flexibility index (Phi) is 6.35. The number of nitrogens with zero attached hydrogens (tertiary/aromatic N) is 2. The summed E-state index contributed by atoms with van der Waals surface area (Å²) >= 11 is 0. The summed E-state index contributed by atoms with van der Waals surface area (Å²) in [6, 6.07) is 18.9. The van der Waals surface area contributed by atoms with Crippen molar-refractivity contribution in [2.75, 3.05) is 6.61 Å². The molecule has 0 aliphatic carbocycles. The van der Waals surface area contributed by atoms with Gasteiger partial charge in [0, 0.05) is 5.56 Å². The molecule has 1 amide bonds. The molecule has 0 aliphatic rings. The average Bonchev–Trinajstić information content (AvgIpc) is 3.20. The van der Waals surface area contributed by atoms with Crippen LogP contribution in [0.4, 0.5) is 0 Å². The molecule has 6 nitrogen and oxygen atoms in total. The van der Waals surface area contributed by atoms with Gasteiger partial charge in [-0.3, -0.25) is 9.89 Å². The van der Waals surface area contributed by atoms with E-state index >= 15 is 0 Å². The van der Waals surface area contributed by atoms with Gasteiger partial charge < -0.3 is 4.74 Å². The molecule has 6 heteroatoms. The number of unbranched alkanes of at least 4 members (excludes halogenated alkanes) is 1. The van der Waals surface area contributed by atoms with Gasteiger partial charge in [-0.05, 0) is 42.3 Å². The van der Waals surface area contributed by atoms with Gasteiger partial charge in [0.2, 0.25) is 0 Å². The molecule has 0 aliphatic heterocycles. The molecule has 0 saturated heterocycles. The molecule has 0 unspecified atom stereocenters. The van der Waals surface area contributed by atoms with Crippen LogP contribution in [0.1, 0.15) is 35.8 Å². The molecule has 2 aromatic carbocycles. The van der Waals surface area contributed by atoms with Crippen LogP contribution < -0.4 is 10.2 Å². The van der Waals surface area contributed by atoms with E-state index in [-0.39, 0.29) is 5.91 Å². The summed E-state index contributed by atoms with van der Waals surface area (Å²) in [5.41, 5.74) is 5.37. The minimum atomic E-state index is -0.347. The van der Waals surface area contributed by atoms with Crippen molar-refractivity contribution in [3.8, 4) is 17.0 Å². The van der Waals surface area contributed by atoms with Gasteiger partial charge in [0.15, 0.2) is 0 Å².